The first kappa shape index (κ1) is 14.5. The van der Waals surface area contributed by atoms with Crippen LogP contribution in [0.2, 0.25) is 0 Å². The Bertz CT molecular complexity index is 475. The largest absolute Gasteiger partial charge is 0.480 e. The van der Waals surface area contributed by atoms with E-state index < -0.39 is 12.0 Å². The minimum Gasteiger partial charge on any atom is -0.480 e. The average molecular weight is 276 g/mol. The molecule has 0 spiro atoms. The van der Waals surface area contributed by atoms with Crippen LogP contribution in [0.15, 0.2) is 30.3 Å². The maximum absolute atomic E-state index is 12.1. The third-order valence-corrected chi connectivity index (χ3v) is 3.62. The van der Waals surface area contributed by atoms with Crippen molar-refractivity contribution in [3.63, 3.8) is 0 Å². The molecular weight excluding hydrogens is 256 g/mol. The Hall–Kier alpha value is -1.88. The molecule has 1 aliphatic heterocycles. The number of carboxylic acid groups (broad SMARTS) is 1. The van der Waals surface area contributed by atoms with E-state index in [-0.39, 0.29) is 11.9 Å². The molecule has 1 aromatic rings. The number of hydrogen-bond donors (Lipinski definition) is 2. The van der Waals surface area contributed by atoms with E-state index in [1.165, 1.54) is 12.5 Å². The highest BCUT2D eigenvalue weighted by atomic mass is 16.4. The molecule has 5 heteroatoms. The summed E-state index contributed by atoms with van der Waals surface area (Å²) in [5, 5.41) is 11.4. The van der Waals surface area contributed by atoms with Crippen LogP contribution in [-0.2, 0) is 16.1 Å². The van der Waals surface area contributed by atoms with Gasteiger partial charge in [-0.3, -0.25) is 14.5 Å². The number of rotatable bonds is 5. The van der Waals surface area contributed by atoms with Gasteiger partial charge in [-0.05, 0) is 31.9 Å². The van der Waals surface area contributed by atoms with Crippen LogP contribution in [-0.4, -0.2) is 40.5 Å². The SMILES string of the molecule is C[C@@H](NC(=O)[C@@H]1CCCN1Cc1ccccc1)C(=O)O. The molecule has 1 amide bonds. The topological polar surface area (TPSA) is 69.6 Å². The zero-order valence-electron chi connectivity index (χ0n) is 11.6. The summed E-state index contributed by atoms with van der Waals surface area (Å²) >= 11 is 0. The molecule has 20 heavy (non-hydrogen) atoms. The molecule has 2 atom stereocenters. The van der Waals surface area contributed by atoms with Gasteiger partial charge in [-0.2, -0.15) is 0 Å². The molecule has 0 bridgehead atoms. The van der Waals surface area contributed by atoms with Crippen LogP contribution in [0.5, 0.6) is 0 Å². The molecule has 1 fully saturated rings. The fourth-order valence-electron chi connectivity index (χ4n) is 2.50. The standard InChI is InChI=1S/C15H20N2O3/c1-11(15(19)20)16-14(18)13-8-5-9-17(13)10-12-6-3-2-4-7-12/h2-4,6-7,11,13H,5,8-10H2,1H3,(H,16,18)(H,19,20)/t11-,13+/m1/s1. The van der Waals surface area contributed by atoms with E-state index in [2.05, 4.69) is 10.2 Å². The predicted molar refractivity (Wildman–Crippen MR) is 75.1 cm³/mol. The van der Waals surface area contributed by atoms with Crippen molar-refractivity contribution < 1.29 is 14.7 Å². The first-order chi connectivity index (χ1) is 9.58. The Labute approximate surface area is 118 Å². The maximum Gasteiger partial charge on any atom is 0.325 e. The van der Waals surface area contributed by atoms with Crippen LogP contribution < -0.4 is 5.32 Å². The molecule has 0 radical (unpaired) electrons. The molecule has 2 rings (SSSR count). The van der Waals surface area contributed by atoms with Gasteiger partial charge in [-0.25, -0.2) is 0 Å². The van der Waals surface area contributed by atoms with E-state index in [1.54, 1.807) is 0 Å². The number of carbonyl (C=O) groups excluding carboxylic acids is 1. The van der Waals surface area contributed by atoms with Gasteiger partial charge in [0.15, 0.2) is 0 Å². The van der Waals surface area contributed by atoms with Crippen molar-refractivity contribution in [3.8, 4) is 0 Å². The lowest BCUT2D eigenvalue weighted by Crippen LogP contribution is -2.48. The van der Waals surface area contributed by atoms with Gasteiger partial charge in [-0.1, -0.05) is 30.3 Å². The lowest BCUT2D eigenvalue weighted by atomic mass is 10.1. The van der Waals surface area contributed by atoms with Crippen LogP contribution in [0.1, 0.15) is 25.3 Å². The molecule has 108 valence electrons. The minimum atomic E-state index is -1.01. The Morgan fingerprint density at radius 2 is 2.10 bits per heavy atom. The van der Waals surface area contributed by atoms with E-state index >= 15 is 0 Å². The van der Waals surface area contributed by atoms with Gasteiger partial charge < -0.3 is 10.4 Å². The van der Waals surface area contributed by atoms with E-state index in [4.69, 9.17) is 5.11 Å². The molecule has 1 aliphatic rings. The van der Waals surface area contributed by atoms with Gasteiger partial charge in [0.2, 0.25) is 5.91 Å². The molecule has 1 saturated heterocycles. The number of benzene rings is 1. The monoisotopic (exact) mass is 276 g/mol. The van der Waals surface area contributed by atoms with E-state index in [0.717, 1.165) is 25.9 Å². The number of carbonyl (C=O) groups is 2. The number of hydrogen-bond acceptors (Lipinski definition) is 3. The van der Waals surface area contributed by atoms with Gasteiger partial charge in [0, 0.05) is 6.54 Å². The van der Waals surface area contributed by atoms with Crippen molar-refractivity contribution in [3.05, 3.63) is 35.9 Å². The van der Waals surface area contributed by atoms with Crippen molar-refractivity contribution in [2.75, 3.05) is 6.54 Å². The van der Waals surface area contributed by atoms with Crippen LogP contribution in [0.4, 0.5) is 0 Å². The quantitative estimate of drug-likeness (QED) is 0.849. The van der Waals surface area contributed by atoms with Crippen molar-refractivity contribution in [1.29, 1.82) is 0 Å². The Morgan fingerprint density at radius 3 is 2.75 bits per heavy atom. The number of nitrogens with one attached hydrogen (secondary N) is 1. The van der Waals surface area contributed by atoms with Gasteiger partial charge in [0.1, 0.15) is 6.04 Å². The van der Waals surface area contributed by atoms with Gasteiger partial charge >= 0.3 is 5.97 Å². The first-order valence-corrected chi connectivity index (χ1v) is 6.89. The molecule has 0 aliphatic carbocycles. The number of nitrogens with zero attached hydrogens (tertiary/aromatic N) is 1. The summed E-state index contributed by atoms with van der Waals surface area (Å²) in [5.74, 6) is -1.20. The van der Waals surface area contributed by atoms with E-state index in [0.29, 0.717) is 0 Å². The highest BCUT2D eigenvalue weighted by molar-refractivity contribution is 5.86. The molecule has 0 unspecified atom stereocenters. The van der Waals surface area contributed by atoms with Crippen LogP contribution in [0.3, 0.4) is 0 Å². The van der Waals surface area contributed by atoms with E-state index in [9.17, 15) is 9.59 Å². The van der Waals surface area contributed by atoms with Crippen molar-refractivity contribution in [2.45, 2.75) is 38.4 Å². The average Bonchev–Trinajstić information content (AvgIpc) is 2.88. The van der Waals surface area contributed by atoms with Gasteiger partial charge in [-0.15, -0.1) is 0 Å². The summed E-state index contributed by atoms with van der Waals surface area (Å²) in [6.07, 6.45) is 1.75. The smallest absolute Gasteiger partial charge is 0.325 e. The van der Waals surface area contributed by atoms with Crippen LogP contribution >= 0.6 is 0 Å². The molecule has 2 N–H and O–H groups in total. The number of carboxylic acids is 1. The Kier molecular flexibility index (Phi) is 4.74. The third kappa shape index (κ3) is 3.57. The van der Waals surface area contributed by atoms with Crippen molar-refractivity contribution >= 4 is 11.9 Å². The summed E-state index contributed by atoms with van der Waals surface area (Å²) < 4.78 is 0. The molecular formula is C15H20N2O3. The lowest BCUT2D eigenvalue weighted by Gasteiger charge is -2.24. The Morgan fingerprint density at radius 1 is 1.40 bits per heavy atom. The summed E-state index contributed by atoms with van der Waals surface area (Å²) in [7, 11) is 0. The van der Waals surface area contributed by atoms with Crippen molar-refractivity contribution in [2.24, 2.45) is 0 Å². The second-order valence-corrected chi connectivity index (χ2v) is 5.18. The van der Waals surface area contributed by atoms with Crippen molar-refractivity contribution in [1.82, 2.24) is 10.2 Å². The number of amides is 1. The second-order valence-electron chi connectivity index (χ2n) is 5.18. The van der Waals surface area contributed by atoms with Gasteiger partial charge in [0.25, 0.3) is 0 Å². The number of aliphatic carboxylic acids is 1. The van der Waals surface area contributed by atoms with Crippen LogP contribution in [0, 0.1) is 0 Å². The second kappa shape index (κ2) is 6.52. The van der Waals surface area contributed by atoms with Gasteiger partial charge in [0.05, 0.1) is 6.04 Å². The zero-order valence-corrected chi connectivity index (χ0v) is 11.6. The highest BCUT2D eigenvalue weighted by Crippen LogP contribution is 2.20. The fraction of sp³-hybridized carbons (Fsp3) is 0.467. The number of likely N-dealkylation sites (tertiary alicyclic amines) is 1. The molecule has 1 aromatic carbocycles. The molecule has 1 heterocycles. The maximum atomic E-state index is 12.1. The fourth-order valence-corrected chi connectivity index (χ4v) is 2.50. The molecule has 5 nitrogen and oxygen atoms in total. The Balaban J connectivity index is 1.96. The third-order valence-electron chi connectivity index (χ3n) is 3.62. The summed E-state index contributed by atoms with van der Waals surface area (Å²) in [5.41, 5.74) is 1.17. The lowest BCUT2D eigenvalue weighted by molar-refractivity contribution is -0.142. The summed E-state index contributed by atoms with van der Waals surface area (Å²) in [4.78, 5) is 25.0. The highest BCUT2D eigenvalue weighted by Gasteiger charge is 2.31. The molecule has 0 aromatic heterocycles. The summed E-state index contributed by atoms with van der Waals surface area (Å²) in [6, 6.07) is 8.92. The molecule has 0 saturated carbocycles. The van der Waals surface area contributed by atoms with E-state index in [1.807, 2.05) is 30.3 Å². The minimum absolute atomic E-state index is 0.187. The normalized spacial score (nSPS) is 20.6. The first-order valence-electron chi connectivity index (χ1n) is 6.89. The predicted octanol–water partition coefficient (Wildman–Crippen LogP) is 1.24. The zero-order chi connectivity index (χ0) is 14.5. The summed E-state index contributed by atoms with van der Waals surface area (Å²) in [6.45, 7) is 3.07. The van der Waals surface area contributed by atoms with Crippen LogP contribution in [0.25, 0.3) is 0 Å².